The molecule has 164 valence electrons. The largest absolute Gasteiger partial charge is 0.352 e. The maximum absolute atomic E-state index is 13.2. The molecule has 0 bridgehead atoms. The maximum atomic E-state index is 13.2. The summed E-state index contributed by atoms with van der Waals surface area (Å²) in [6.45, 7) is 4.64. The van der Waals surface area contributed by atoms with Crippen LogP contribution in [0, 0.1) is 13.8 Å². The minimum atomic E-state index is -0.144. The minimum absolute atomic E-state index is 0.144. The molecule has 0 aliphatic heterocycles. The van der Waals surface area contributed by atoms with E-state index in [4.69, 9.17) is 5.10 Å². The fourth-order valence-corrected chi connectivity index (χ4v) is 3.86. The number of carbonyl (C=O) groups excluding carboxylic acids is 1. The second kappa shape index (κ2) is 8.74. The van der Waals surface area contributed by atoms with Crippen molar-refractivity contribution in [3.63, 3.8) is 0 Å². The average molecular weight is 436 g/mol. The van der Waals surface area contributed by atoms with Crippen LogP contribution in [0.1, 0.15) is 27.2 Å². The SMILES string of the molecule is Cc1ccc(-c2nn(-c3ccccc3)cc2C(=O)NCCc2cn3ccccc3n2)cc1C. The van der Waals surface area contributed by atoms with Crippen LogP contribution in [0.15, 0.2) is 85.3 Å². The number of nitrogens with one attached hydrogen (secondary N) is 1. The van der Waals surface area contributed by atoms with E-state index in [-0.39, 0.29) is 5.91 Å². The number of aryl methyl sites for hydroxylation is 2. The lowest BCUT2D eigenvalue weighted by atomic mass is 10.0. The van der Waals surface area contributed by atoms with Gasteiger partial charge in [0.2, 0.25) is 0 Å². The molecule has 0 aliphatic carbocycles. The van der Waals surface area contributed by atoms with Crippen LogP contribution >= 0.6 is 0 Å². The zero-order valence-corrected chi connectivity index (χ0v) is 18.7. The van der Waals surface area contributed by atoms with Gasteiger partial charge in [-0.25, -0.2) is 9.67 Å². The Morgan fingerprint density at radius 3 is 2.55 bits per heavy atom. The van der Waals surface area contributed by atoms with Crippen molar-refractivity contribution in [3.05, 3.63) is 108 Å². The van der Waals surface area contributed by atoms with Gasteiger partial charge in [0.25, 0.3) is 5.91 Å². The minimum Gasteiger partial charge on any atom is -0.352 e. The molecule has 3 heterocycles. The van der Waals surface area contributed by atoms with Crippen molar-refractivity contribution in [2.75, 3.05) is 6.54 Å². The number of hydrogen-bond donors (Lipinski definition) is 1. The number of aromatic nitrogens is 4. The topological polar surface area (TPSA) is 64.2 Å². The van der Waals surface area contributed by atoms with Crippen LogP contribution in [0.25, 0.3) is 22.6 Å². The molecule has 0 atom stereocenters. The highest BCUT2D eigenvalue weighted by molar-refractivity contribution is 6.00. The van der Waals surface area contributed by atoms with Crippen molar-refractivity contribution >= 4 is 11.6 Å². The van der Waals surface area contributed by atoms with Gasteiger partial charge in [0.15, 0.2) is 0 Å². The van der Waals surface area contributed by atoms with Gasteiger partial charge in [0, 0.05) is 37.1 Å². The van der Waals surface area contributed by atoms with Crippen molar-refractivity contribution in [1.82, 2.24) is 24.5 Å². The molecule has 1 amide bonds. The fraction of sp³-hybridized carbons (Fsp3) is 0.148. The molecule has 5 rings (SSSR count). The van der Waals surface area contributed by atoms with Crippen LogP contribution in [-0.2, 0) is 6.42 Å². The molecule has 5 aromatic rings. The number of carbonyl (C=O) groups is 1. The summed E-state index contributed by atoms with van der Waals surface area (Å²) < 4.78 is 3.75. The Balaban J connectivity index is 1.40. The lowest BCUT2D eigenvalue weighted by molar-refractivity contribution is 0.0954. The van der Waals surface area contributed by atoms with Crippen molar-refractivity contribution in [1.29, 1.82) is 0 Å². The summed E-state index contributed by atoms with van der Waals surface area (Å²) in [4.78, 5) is 17.8. The third-order valence-corrected chi connectivity index (χ3v) is 5.84. The number of hydrogen-bond acceptors (Lipinski definition) is 3. The zero-order valence-electron chi connectivity index (χ0n) is 18.7. The molecule has 1 N–H and O–H groups in total. The van der Waals surface area contributed by atoms with E-state index < -0.39 is 0 Å². The highest BCUT2D eigenvalue weighted by atomic mass is 16.1. The first-order valence-corrected chi connectivity index (χ1v) is 11.0. The number of fused-ring (bicyclic) bond motifs is 1. The average Bonchev–Trinajstić information content (AvgIpc) is 3.46. The molecule has 0 unspecified atom stereocenters. The number of imidazole rings is 1. The van der Waals surface area contributed by atoms with Crippen LogP contribution in [0.2, 0.25) is 0 Å². The van der Waals surface area contributed by atoms with E-state index in [9.17, 15) is 4.79 Å². The molecule has 0 radical (unpaired) electrons. The van der Waals surface area contributed by atoms with E-state index in [1.165, 1.54) is 11.1 Å². The summed E-state index contributed by atoms with van der Waals surface area (Å²) in [7, 11) is 0. The zero-order chi connectivity index (χ0) is 22.8. The van der Waals surface area contributed by atoms with Crippen molar-refractivity contribution in [2.45, 2.75) is 20.3 Å². The van der Waals surface area contributed by atoms with Crippen molar-refractivity contribution < 1.29 is 4.79 Å². The molecule has 6 heteroatoms. The predicted molar refractivity (Wildman–Crippen MR) is 130 cm³/mol. The van der Waals surface area contributed by atoms with Crippen LogP contribution in [-0.4, -0.2) is 31.6 Å². The Kier molecular flexibility index (Phi) is 5.48. The first-order chi connectivity index (χ1) is 16.1. The summed E-state index contributed by atoms with van der Waals surface area (Å²) in [5.41, 5.74) is 7.28. The lowest BCUT2D eigenvalue weighted by Crippen LogP contribution is -2.26. The van der Waals surface area contributed by atoms with Crippen LogP contribution in [0.4, 0.5) is 0 Å². The second-order valence-corrected chi connectivity index (χ2v) is 8.17. The normalized spacial score (nSPS) is 11.1. The molecule has 6 nitrogen and oxygen atoms in total. The molecule has 0 saturated heterocycles. The second-order valence-electron chi connectivity index (χ2n) is 8.17. The van der Waals surface area contributed by atoms with Gasteiger partial charge in [-0.05, 0) is 55.3 Å². The Morgan fingerprint density at radius 1 is 0.939 bits per heavy atom. The van der Waals surface area contributed by atoms with Gasteiger partial charge in [-0.2, -0.15) is 5.10 Å². The number of rotatable bonds is 6. The lowest BCUT2D eigenvalue weighted by Gasteiger charge is -2.06. The van der Waals surface area contributed by atoms with Crippen molar-refractivity contribution in [2.24, 2.45) is 0 Å². The summed E-state index contributed by atoms with van der Waals surface area (Å²) in [6, 6.07) is 21.9. The number of amides is 1. The first-order valence-electron chi connectivity index (χ1n) is 11.0. The Bertz CT molecular complexity index is 1400. The van der Waals surface area contributed by atoms with E-state index in [0.717, 1.165) is 22.6 Å². The molecule has 0 fully saturated rings. The summed E-state index contributed by atoms with van der Waals surface area (Å²) in [5, 5.41) is 7.83. The highest BCUT2D eigenvalue weighted by Crippen LogP contribution is 2.26. The van der Waals surface area contributed by atoms with Gasteiger partial charge in [-0.3, -0.25) is 4.79 Å². The van der Waals surface area contributed by atoms with Gasteiger partial charge >= 0.3 is 0 Å². The Labute approximate surface area is 192 Å². The van der Waals surface area contributed by atoms with E-state index in [2.05, 4.69) is 36.3 Å². The maximum Gasteiger partial charge on any atom is 0.255 e. The van der Waals surface area contributed by atoms with Gasteiger partial charge < -0.3 is 9.72 Å². The van der Waals surface area contributed by atoms with Gasteiger partial charge in [-0.15, -0.1) is 0 Å². The van der Waals surface area contributed by atoms with Crippen LogP contribution < -0.4 is 5.32 Å². The number of benzene rings is 2. The summed E-state index contributed by atoms with van der Waals surface area (Å²) >= 11 is 0. The van der Waals surface area contributed by atoms with E-state index in [1.807, 2.05) is 71.4 Å². The quantitative estimate of drug-likeness (QED) is 0.418. The predicted octanol–water partition coefficient (Wildman–Crippen LogP) is 4.78. The van der Waals surface area contributed by atoms with Crippen LogP contribution in [0.3, 0.4) is 0 Å². The van der Waals surface area contributed by atoms with E-state index in [1.54, 1.807) is 10.9 Å². The molecular weight excluding hydrogens is 410 g/mol. The first kappa shape index (κ1) is 20.7. The molecule has 0 spiro atoms. The number of para-hydroxylation sites is 1. The molecule has 2 aromatic carbocycles. The molecule has 3 aromatic heterocycles. The Morgan fingerprint density at radius 2 is 1.76 bits per heavy atom. The third-order valence-electron chi connectivity index (χ3n) is 5.84. The van der Waals surface area contributed by atoms with E-state index >= 15 is 0 Å². The standard InChI is InChI=1S/C27H25N5O/c1-19-11-12-21(16-20(19)2)26-24(18-32(30-26)23-8-4-3-5-9-23)27(33)28-14-13-22-17-31-15-7-6-10-25(31)29-22/h3-12,15-18H,13-14H2,1-2H3,(H,28,33). The molecular formula is C27H25N5O. The highest BCUT2D eigenvalue weighted by Gasteiger charge is 2.19. The monoisotopic (exact) mass is 435 g/mol. The number of pyridine rings is 1. The van der Waals surface area contributed by atoms with E-state index in [0.29, 0.717) is 24.2 Å². The van der Waals surface area contributed by atoms with Gasteiger partial charge in [0.1, 0.15) is 11.3 Å². The summed E-state index contributed by atoms with van der Waals surface area (Å²) in [5.74, 6) is -0.144. The number of nitrogens with zero attached hydrogens (tertiary/aromatic N) is 4. The molecule has 0 saturated carbocycles. The molecule has 33 heavy (non-hydrogen) atoms. The van der Waals surface area contributed by atoms with Crippen molar-refractivity contribution in [3.8, 4) is 16.9 Å². The molecule has 0 aliphatic rings. The summed E-state index contributed by atoms with van der Waals surface area (Å²) in [6.07, 6.45) is 6.42. The third kappa shape index (κ3) is 4.28. The van der Waals surface area contributed by atoms with Gasteiger partial charge in [0.05, 0.1) is 16.9 Å². The Hall–Kier alpha value is -4.19. The van der Waals surface area contributed by atoms with Gasteiger partial charge in [-0.1, -0.05) is 36.4 Å². The fourth-order valence-electron chi connectivity index (χ4n) is 3.86. The smallest absolute Gasteiger partial charge is 0.255 e. The van der Waals surface area contributed by atoms with Crippen LogP contribution in [0.5, 0.6) is 0 Å².